The number of benzene rings is 4. The molecule has 0 spiro atoms. The average molecular weight is 308 g/mol. The van der Waals surface area contributed by atoms with E-state index in [4.69, 9.17) is 0 Å². The zero-order valence-corrected chi connectivity index (χ0v) is 13.8. The van der Waals surface area contributed by atoms with Gasteiger partial charge in [-0.2, -0.15) is 0 Å². The van der Waals surface area contributed by atoms with Gasteiger partial charge >= 0.3 is 0 Å². The lowest BCUT2D eigenvalue weighted by Gasteiger charge is -2.16. The van der Waals surface area contributed by atoms with Crippen molar-refractivity contribution in [2.24, 2.45) is 0 Å². The van der Waals surface area contributed by atoms with Crippen LogP contribution in [0.2, 0.25) is 0 Å². The van der Waals surface area contributed by atoms with Crippen molar-refractivity contribution in [2.75, 3.05) is 0 Å². The lowest BCUT2D eigenvalue weighted by molar-refractivity contribution is 0.976. The topological polar surface area (TPSA) is 0 Å². The van der Waals surface area contributed by atoms with E-state index in [9.17, 15) is 0 Å². The summed E-state index contributed by atoms with van der Waals surface area (Å²) >= 11 is 0. The Bertz CT molecular complexity index is 1080. The average Bonchev–Trinajstić information content (AvgIpc) is 2.60. The van der Waals surface area contributed by atoms with Crippen LogP contribution in [-0.2, 0) is 0 Å². The van der Waals surface area contributed by atoms with E-state index in [1.54, 1.807) is 0 Å². The lowest BCUT2D eigenvalue weighted by atomic mass is 9.88. The fraction of sp³-hybridized carbons (Fsp3) is 0.167. The molecular formula is C24H20. The van der Waals surface area contributed by atoms with Crippen molar-refractivity contribution >= 4 is 37.9 Å². The van der Waals surface area contributed by atoms with Gasteiger partial charge in [0.05, 0.1) is 0 Å². The molecule has 4 aromatic rings. The molecule has 0 aromatic heterocycles. The van der Waals surface area contributed by atoms with Crippen molar-refractivity contribution in [2.45, 2.75) is 25.7 Å². The van der Waals surface area contributed by atoms with E-state index in [1.165, 1.54) is 43.5 Å². The number of rotatable bonds is 1. The first-order chi connectivity index (χ1) is 11.9. The van der Waals surface area contributed by atoms with Crippen LogP contribution in [0.3, 0.4) is 0 Å². The largest absolute Gasteiger partial charge is 0.0882 e. The minimum atomic E-state index is 1.14. The zero-order valence-electron chi connectivity index (χ0n) is 13.8. The van der Waals surface area contributed by atoms with Crippen LogP contribution in [0.4, 0.5) is 0 Å². The highest BCUT2D eigenvalue weighted by Crippen LogP contribution is 2.38. The van der Waals surface area contributed by atoms with Gasteiger partial charge in [0.25, 0.3) is 0 Å². The summed E-state index contributed by atoms with van der Waals surface area (Å²) in [6.07, 6.45) is 11.7. The summed E-state index contributed by atoms with van der Waals surface area (Å²) in [5, 5.41) is 8.30. The van der Waals surface area contributed by atoms with Gasteiger partial charge in [-0.1, -0.05) is 72.8 Å². The van der Waals surface area contributed by atoms with Crippen LogP contribution in [0.25, 0.3) is 37.9 Å². The van der Waals surface area contributed by atoms with Crippen LogP contribution in [0.15, 0.2) is 72.8 Å². The maximum atomic E-state index is 2.45. The maximum Gasteiger partial charge on any atom is -0.00207 e. The highest BCUT2D eigenvalue weighted by Gasteiger charge is 2.13. The van der Waals surface area contributed by atoms with Gasteiger partial charge in [0.15, 0.2) is 0 Å². The number of hydrogen-bond donors (Lipinski definition) is 0. The van der Waals surface area contributed by atoms with Crippen LogP contribution in [0.5, 0.6) is 0 Å². The van der Waals surface area contributed by atoms with E-state index < -0.39 is 0 Å². The molecule has 0 atom stereocenters. The molecule has 0 bridgehead atoms. The molecule has 116 valence electrons. The lowest BCUT2D eigenvalue weighted by Crippen LogP contribution is -1.92. The second-order valence-corrected chi connectivity index (χ2v) is 6.79. The quantitative estimate of drug-likeness (QED) is 0.260. The van der Waals surface area contributed by atoms with Crippen LogP contribution in [-0.4, -0.2) is 0 Å². The minimum absolute atomic E-state index is 1.14. The molecule has 0 unspecified atom stereocenters. The molecule has 24 heavy (non-hydrogen) atoms. The Morgan fingerprint density at radius 2 is 1.29 bits per heavy atom. The first-order valence-corrected chi connectivity index (χ1v) is 8.93. The van der Waals surface area contributed by atoms with Gasteiger partial charge in [-0.25, -0.2) is 0 Å². The number of hydrogen-bond acceptors (Lipinski definition) is 0. The fourth-order valence-electron chi connectivity index (χ4n) is 4.19. The standard InChI is InChI=1S/C24H20/c1-2-4-7-17(8-5-3-1)21-15-13-20-12-11-18-9-6-10-19-14-16-22(21)24(20)23(18)19/h1-2,6,8-16H,3-5,7H2. The van der Waals surface area contributed by atoms with Crippen molar-refractivity contribution in [3.63, 3.8) is 0 Å². The monoisotopic (exact) mass is 308 g/mol. The highest BCUT2D eigenvalue weighted by molar-refractivity contribution is 6.24. The van der Waals surface area contributed by atoms with E-state index in [2.05, 4.69) is 72.8 Å². The first-order valence-electron chi connectivity index (χ1n) is 8.93. The Morgan fingerprint density at radius 3 is 2.17 bits per heavy atom. The minimum Gasteiger partial charge on any atom is -0.0882 e. The Morgan fingerprint density at radius 1 is 0.583 bits per heavy atom. The smallest absolute Gasteiger partial charge is 0.00207 e. The molecule has 0 saturated carbocycles. The summed E-state index contributed by atoms with van der Waals surface area (Å²) in [5.41, 5.74) is 2.94. The Kier molecular flexibility index (Phi) is 3.16. The summed E-state index contributed by atoms with van der Waals surface area (Å²) in [4.78, 5) is 0. The molecule has 0 nitrogen and oxygen atoms in total. The summed E-state index contributed by atoms with van der Waals surface area (Å²) in [6.45, 7) is 0. The SMILES string of the molecule is C1=CCCC(c2ccc3ccc4cccc5ccc2c3c45)=CCC1. The van der Waals surface area contributed by atoms with Gasteiger partial charge < -0.3 is 0 Å². The molecule has 0 N–H and O–H groups in total. The zero-order chi connectivity index (χ0) is 15.9. The Balaban J connectivity index is 1.84. The predicted molar refractivity (Wildman–Crippen MR) is 106 cm³/mol. The van der Waals surface area contributed by atoms with E-state index >= 15 is 0 Å². The molecule has 0 fully saturated rings. The van der Waals surface area contributed by atoms with Crippen molar-refractivity contribution in [3.05, 3.63) is 78.4 Å². The Hall–Kier alpha value is -2.60. The summed E-state index contributed by atoms with van der Waals surface area (Å²) in [5.74, 6) is 0. The Labute approximate surface area is 142 Å². The second kappa shape index (κ2) is 5.49. The van der Waals surface area contributed by atoms with Crippen molar-refractivity contribution < 1.29 is 0 Å². The molecule has 0 amide bonds. The second-order valence-electron chi connectivity index (χ2n) is 6.79. The van der Waals surface area contributed by atoms with E-state index in [-0.39, 0.29) is 0 Å². The molecule has 0 heterocycles. The van der Waals surface area contributed by atoms with E-state index in [0.29, 0.717) is 0 Å². The third kappa shape index (κ3) is 2.06. The maximum absolute atomic E-state index is 2.45. The van der Waals surface area contributed by atoms with Crippen LogP contribution in [0, 0.1) is 0 Å². The van der Waals surface area contributed by atoms with Crippen LogP contribution < -0.4 is 0 Å². The molecule has 0 radical (unpaired) electrons. The normalized spacial score (nSPS) is 15.8. The fourth-order valence-corrected chi connectivity index (χ4v) is 4.19. The molecule has 0 aliphatic heterocycles. The third-order valence-electron chi connectivity index (χ3n) is 5.35. The van der Waals surface area contributed by atoms with Gasteiger partial charge in [-0.3, -0.25) is 0 Å². The first kappa shape index (κ1) is 13.8. The summed E-state index contributed by atoms with van der Waals surface area (Å²) < 4.78 is 0. The van der Waals surface area contributed by atoms with Crippen molar-refractivity contribution in [3.8, 4) is 0 Å². The molecule has 5 rings (SSSR count). The summed E-state index contributed by atoms with van der Waals surface area (Å²) in [7, 11) is 0. The van der Waals surface area contributed by atoms with E-state index in [0.717, 1.165) is 25.7 Å². The number of allylic oxidation sites excluding steroid dienone is 4. The van der Waals surface area contributed by atoms with Gasteiger partial charge in [-0.15, -0.1) is 0 Å². The molecule has 0 saturated heterocycles. The van der Waals surface area contributed by atoms with Crippen LogP contribution in [0.1, 0.15) is 31.2 Å². The van der Waals surface area contributed by atoms with E-state index in [1.807, 2.05) is 0 Å². The van der Waals surface area contributed by atoms with Gasteiger partial charge in [0.1, 0.15) is 0 Å². The third-order valence-corrected chi connectivity index (χ3v) is 5.35. The summed E-state index contributed by atoms with van der Waals surface area (Å²) in [6, 6.07) is 20.4. The van der Waals surface area contributed by atoms with Crippen LogP contribution >= 0.6 is 0 Å². The van der Waals surface area contributed by atoms with Gasteiger partial charge in [0.2, 0.25) is 0 Å². The molecule has 4 aromatic carbocycles. The van der Waals surface area contributed by atoms with Gasteiger partial charge in [-0.05, 0) is 69.1 Å². The molecule has 1 aliphatic carbocycles. The molecule has 1 aliphatic rings. The molecule has 0 heteroatoms. The molecular weight excluding hydrogens is 288 g/mol. The van der Waals surface area contributed by atoms with Crippen molar-refractivity contribution in [1.82, 2.24) is 0 Å². The predicted octanol–water partition coefficient (Wildman–Crippen LogP) is 7.10. The van der Waals surface area contributed by atoms with Crippen molar-refractivity contribution in [1.29, 1.82) is 0 Å². The van der Waals surface area contributed by atoms with Gasteiger partial charge in [0, 0.05) is 0 Å². The highest BCUT2D eigenvalue weighted by atomic mass is 14.2.